The van der Waals surface area contributed by atoms with E-state index in [1.54, 1.807) is 14.2 Å². The molecule has 1 aliphatic heterocycles. The summed E-state index contributed by atoms with van der Waals surface area (Å²) < 4.78 is 11.0. The fourth-order valence-electron chi connectivity index (χ4n) is 6.10. The van der Waals surface area contributed by atoms with Gasteiger partial charge in [-0.15, -0.1) is 0 Å². The Morgan fingerprint density at radius 1 is 1.06 bits per heavy atom. The first-order chi connectivity index (χ1) is 15.0. The van der Waals surface area contributed by atoms with Crippen LogP contribution < -0.4 is 14.8 Å². The van der Waals surface area contributed by atoms with Gasteiger partial charge in [0.15, 0.2) is 11.5 Å². The Morgan fingerprint density at radius 3 is 2.55 bits per heavy atom. The van der Waals surface area contributed by atoms with Crippen molar-refractivity contribution in [3.8, 4) is 11.5 Å². The SMILES string of the molecule is COc1ccc([C@H]2[C@@H]3CCCC[C@]3(O)CCN2CC(=O)NC2CCCCC2)cc1OC. The van der Waals surface area contributed by atoms with Gasteiger partial charge < -0.3 is 19.9 Å². The number of likely N-dealkylation sites (tertiary alicyclic amines) is 1. The van der Waals surface area contributed by atoms with E-state index < -0.39 is 5.60 Å². The molecule has 0 spiro atoms. The molecule has 1 saturated heterocycles. The molecule has 0 aromatic heterocycles. The zero-order valence-electron chi connectivity index (χ0n) is 19.1. The largest absolute Gasteiger partial charge is 0.493 e. The maximum absolute atomic E-state index is 13.0. The van der Waals surface area contributed by atoms with Crippen LogP contribution >= 0.6 is 0 Å². The third kappa shape index (κ3) is 4.85. The zero-order chi connectivity index (χ0) is 21.8. The van der Waals surface area contributed by atoms with Crippen LogP contribution in [0.1, 0.15) is 75.8 Å². The molecule has 1 heterocycles. The molecule has 0 bridgehead atoms. The van der Waals surface area contributed by atoms with E-state index in [0.29, 0.717) is 24.1 Å². The number of amides is 1. The van der Waals surface area contributed by atoms with Gasteiger partial charge in [0, 0.05) is 24.5 Å². The van der Waals surface area contributed by atoms with Gasteiger partial charge in [0.25, 0.3) is 0 Å². The van der Waals surface area contributed by atoms with Crippen molar-refractivity contribution in [3.05, 3.63) is 23.8 Å². The number of ether oxygens (including phenoxy) is 2. The Balaban J connectivity index is 1.58. The smallest absolute Gasteiger partial charge is 0.234 e. The number of methoxy groups -OCH3 is 2. The number of piperidine rings is 1. The number of carbonyl (C=O) groups excluding carboxylic acids is 1. The van der Waals surface area contributed by atoms with Crippen LogP contribution in [0.3, 0.4) is 0 Å². The van der Waals surface area contributed by atoms with Crippen molar-refractivity contribution in [1.29, 1.82) is 0 Å². The first-order valence-corrected chi connectivity index (χ1v) is 12.0. The number of benzene rings is 1. The number of hydrogen-bond donors (Lipinski definition) is 2. The van der Waals surface area contributed by atoms with Gasteiger partial charge in [0.1, 0.15) is 0 Å². The van der Waals surface area contributed by atoms with Crippen molar-refractivity contribution in [2.24, 2.45) is 5.92 Å². The van der Waals surface area contributed by atoms with Crippen LogP contribution in [0.25, 0.3) is 0 Å². The number of nitrogens with zero attached hydrogens (tertiary/aromatic N) is 1. The molecular weight excluding hydrogens is 392 g/mol. The molecule has 4 rings (SSSR count). The molecule has 0 radical (unpaired) electrons. The van der Waals surface area contributed by atoms with E-state index in [0.717, 1.165) is 57.1 Å². The molecule has 3 atom stereocenters. The summed E-state index contributed by atoms with van der Waals surface area (Å²) in [5, 5.41) is 14.8. The molecule has 31 heavy (non-hydrogen) atoms. The van der Waals surface area contributed by atoms with Gasteiger partial charge >= 0.3 is 0 Å². The minimum Gasteiger partial charge on any atom is -0.493 e. The molecule has 2 saturated carbocycles. The topological polar surface area (TPSA) is 71.0 Å². The standard InChI is InChI=1S/C25H38N2O4/c1-30-21-12-11-18(16-22(21)31-2)24-20-10-6-7-13-25(20,29)14-15-27(24)17-23(28)26-19-8-4-3-5-9-19/h11-12,16,19-20,24,29H,3-10,13-15,17H2,1-2H3,(H,26,28)/t20-,24-,25-/m0/s1. The average molecular weight is 431 g/mol. The number of hydrogen-bond acceptors (Lipinski definition) is 5. The Bertz CT molecular complexity index is 764. The summed E-state index contributed by atoms with van der Waals surface area (Å²) in [4.78, 5) is 15.2. The molecule has 3 fully saturated rings. The Morgan fingerprint density at radius 2 is 1.81 bits per heavy atom. The summed E-state index contributed by atoms with van der Waals surface area (Å²) in [5.41, 5.74) is 0.444. The Hall–Kier alpha value is -1.79. The molecule has 2 N–H and O–H groups in total. The second-order valence-electron chi connectivity index (χ2n) is 9.64. The summed E-state index contributed by atoms with van der Waals surface area (Å²) in [6.07, 6.45) is 10.6. The van der Waals surface area contributed by atoms with E-state index in [1.165, 1.54) is 19.3 Å². The highest BCUT2D eigenvalue weighted by Crippen LogP contribution is 2.50. The Labute approximate surface area is 186 Å². The van der Waals surface area contributed by atoms with Crippen molar-refractivity contribution in [3.63, 3.8) is 0 Å². The molecule has 0 unspecified atom stereocenters. The molecule has 6 nitrogen and oxygen atoms in total. The highest BCUT2D eigenvalue weighted by molar-refractivity contribution is 5.78. The lowest BCUT2D eigenvalue weighted by atomic mass is 9.66. The Kier molecular flexibility index (Phi) is 7.07. The van der Waals surface area contributed by atoms with E-state index >= 15 is 0 Å². The van der Waals surface area contributed by atoms with Crippen molar-refractivity contribution in [2.75, 3.05) is 27.3 Å². The van der Waals surface area contributed by atoms with Gasteiger partial charge in [-0.3, -0.25) is 9.69 Å². The lowest BCUT2D eigenvalue weighted by molar-refractivity contribution is -0.138. The quantitative estimate of drug-likeness (QED) is 0.718. The highest BCUT2D eigenvalue weighted by Gasteiger charge is 2.49. The van der Waals surface area contributed by atoms with Crippen LogP contribution in [0, 0.1) is 5.92 Å². The summed E-state index contributed by atoms with van der Waals surface area (Å²) in [6, 6.07) is 6.34. The second kappa shape index (κ2) is 9.78. The van der Waals surface area contributed by atoms with Gasteiger partial charge in [-0.1, -0.05) is 38.2 Å². The third-order valence-corrected chi connectivity index (χ3v) is 7.74. The number of nitrogens with one attached hydrogen (secondary N) is 1. The second-order valence-corrected chi connectivity index (χ2v) is 9.64. The van der Waals surface area contributed by atoms with Crippen molar-refractivity contribution in [1.82, 2.24) is 10.2 Å². The maximum atomic E-state index is 13.0. The van der Waals surface area contributed by atoms with Crippen LogP contribution in [0.15, 0.2) is 18.2 Å². The first-order valence-electron chi connectivity index (χ1n) is 12.0. The van der Waals surface area contributed by atoms with Crippen LogP contribution in [0.5, 0.6) is 11.5 Å². The minimum absolute atomic E-state index is 0.00374. The van der Waals surface area contributed by atoms with Crippen molar-refractivity contribution >= 4 is 5.91 Å². The molecule has 3 aliphatic rings. The van der Waals surface area contributed by atoms with Crippen LogP contribution in [-0.2, 0) is 4.79 Å². The van der Waals surface area contributed by atoms with Crippen LogP contribution in [0.2, 0.25) is 0 Å². The van der Waals surface area contributed by atoms with Crippen LogP contribution in [-0.4, -0.2) is 54.9 Å². The van der Waals surface area contributed by atoms with E-state index in [1.807, 2.05) is 12.1 Å². The van der Waals surface area contributed by atoms with Gasteiger partial charge in [0.05, 0.1) is 26.4 Å². The maximum Gasteiger partial charge on any atom is 0.234 e. The molecule has 172 valence electrons. The lowest BCUT2D eigenvalue weighted by Crippen LogP contribution is -2.56. The minimum atomic E-state index is -0.646. The summed E-state index contributed by atoms with van der Waals surface area (Å²) in [7, 11) is 3.29. The van der Waals surface area contributed by atoms with Crippen molar-refractivity contribution in [2.45, 2.75) is 81.9 Å². The third-order valence-electron chi connectivity index (χ3n) is 7.74. The summed E-state index contributed by atoms with van der Waals surface area (Å²) in [6.45, 7) is 1.10. The molecule has 6 heteroatoms. The molecule has 1 aromatic carbocycles. The molecular formula is C25H38N2O4. The first kappa shape index (κ1) is 22.4. The number of rotatable bonds is 6. The van der Waals surface area contributed by atoms with Gasteiger partial charge in [-0.25, -0.2) is 0 Å². The highest BCUT2D eigenvalue weighted by atomic mass is 16.5. The van der Waals surface area contributed by atoms with E-state index in [-0.39, 0.29) is 17.9 Å². The van der Waals surface area contributed by atoms with E-state index in [9.17, 15) is 9.90 Å². The normalized spacial score (nSPS) is 29.8. The van der Waals surface area contributed by atoms with Gasteiger partial charge in [-0.05, 0) is 49.8 Å². The zero-order valence-corrected chi connectivity index (χ0v) is 19.1. The van der Waals surface area contributed by atoms with Crippen LogP contribution in [0.4, 0.5) is 0 Å². The van der Waals surface area contributed by atoms with Gasteiger partial charge in [-0.2, -0.15) is 0 Å². The van der Waals surface area contributed by atoms with E-state index in [2.05, 4.69) is 16.3 Å². The monoisotopic (exact) mass is 430 g/mol. The number of aliphatic hydroxyl groups is 1. The molecule has 1 aromatic rings. The summed E-state index contributed by atoms with van der Waals surface area (Å²) >= 11 is 0. The van der Waals surface area contributed by atoms with Gasteiger partial charge in [0.2, 0.25) is 5.91 Å². The van der Waals surface area contributed by atoms with Crippen molar-refractivity contribution < 1.29 is 19.4 Å². The number of fused-ring (bicyclic) bond motifs is 1. The lowest BCUT2D eigenvalue weighted by Gasteiger charge is -2.52. The molecule has 1 amide bonds. The molecule has 2 aliphatic carbocycles. The fourth-order valence-corrected chi connectivity index (χ4v) is 6.10. The number of carbonyl (C=O) groups is 1. The summed E-state index contributed by atoms with van der Waals surface area (Å²) in [5.74, 6) is 1.62. The fraction of sp³-hybridized carbons (Fsp3) is 0.720. The average Bonchev–Trinajstić information content (AvgIpc) is 2.79. The predicted octanol–water partition coefficient (Wildman–Crippen LogP) is 3.82. The van der Waals surface area contributed by atoms with E-state index in [4.69, 9.17) is 9.47 Å². The predicted molar refractivity (Wildman–Crippen MR) is 120 cm³/mol.